The lowest BCUT2D eigenvalue weighted by atomic mass is 10.1. The van der Waals surface area contributed by atoms with Crippen molar-refractivity contribution in [2.24, 2.45) is 0 Å². The summed E-state index contributed by atoms with van der Waals surface area (Å²) in [4.78, 5) is 3.90. The maximum Gasteiger partial charge on any atom is 0.129 e. The number of aliphatic hydroxyl groups excluding tert-OH is 1. The van der Waals surface area contributed by atoms with Crippen molar-refractivity contribution in [3.05, 3.63) is 29.0 Å². The summed E-state index contributed by atoms with van der Waals surface area (Å²) in [5, 5.41) is 13.3. The molecule has 1 atom stereocenters. The molecule has 0 saturated heterocycles. The van der Waals surface area contributed by atoms with Crippen LogP contribution in [0.2, 0.25) is 5.15 Å². The fraction of sp³-hybridized carbons (Fsp3) is 0.500. The summed E-state index contributed by atoms with van der Waals surface area (Å²) in [5.74, 6) is 0. The van der Waals surface area contributed by atoms with E-state index in [1.54, 1.807) is 18.3 Å². The lowest BCUT2D eigenvalue weighted by Crippen LogP contribution is -2.27. The zero-order chi connectivity index (χ0) is 10.6. The third kappa shape index (κ3) is 3.62. The number of rotatable bonds is 4. The maximum atomic E-state index is 9.71. The first-order valence-corrected chi connectivity index (χ1v) is 5.00. The molecule has 0 spiro atoms. The number of hydrogen-bond donors (Lipinski definition) is 2. The fourth-order valence-corrected chi connectivity index (χ4v) is 1.16. The number of pyridine rings is 1. The number of hydrogen-bond acceptors (Lipinski definition) is 3. The minimum absolute atomic E-state index is 0.366. The fourth-order valence-electron chi connectivity index (χ4n) is 1.05. The van der Waals surface area contributed by atoms with Crippen molar-refractivity contribution in [1.82, 2.24) is 10.3 Å². The summed E-state index contributed by atoms with van der Waals surface area (Å²) in [7, 11) is 0. The van der Waals surface area contributed by atoms with Gasteiger partial charge in [0.1, 0.15) is 5.15 Å². The van der Waals surface area contributed by atoms with Gasteiger partial charge in [-0.2, -0.15) is 0 Å². The molecule has 2 N–H and O–H groups in total. The number of aromatic nitrogens is 1. The Balaban J connectivity index is 2.52. The maximum absolute atomic E-state index is 9.71. The van der Waals surface area contributed by atoms with Crippen LogP contribution in [0.25, 0.3) is 0 Å². The van der Waals surface area contributed by atoms with Crippen molar-refractivity contribution in [3.63, 3.8) is 0 Å². The number of nitrogens with one attached hydrogen (secondary N) is 1. The molecule has 1 rings (SSSR count). The summed E-state index contributed by atoms with van der Waals surface area (Å²) < 4.78 is 0. The average Bonchev–Trinajstić information content (AvgIpc) is 2.15. The molecular formula is C10H15ClN2O. The Morgan fingerprint density at radius 1 is 1.50 bits per heavy atom. The van der Waals surface area contributed by atoms with Crippen molar-refractivity contribution in [2.75, 3.05) is 6.54 Å². The lowest BCUT2D eigenvalue weighted by molar-refractivity contribution is 0.171. The summed E-state index contributed by atoms with van der Waals surface area (Å²) in [6.45, 7) is 4.60. The predicted molar refractivity (Wildman–Crippen MR) is 57.3 cm³/mol. The largest absolute Gasteiger partial charge is 0.387 e. The van der Waals surface area contributed by atoms with E-state index in [1.807, 2.05) is 13.8 Å². The van der Waals surface area contributed by atoms with Gasteiger partial charge in [0.05, 0.1) is 6.10 Å². The number of halogens is 1. The predicted octanol–water partition coefficient (Wildman–Crippen LogP) is 1.77. The molecule has 0 aliphatic carbocycles. The highest BCUT2D eigenvalue weighted by atomic mass is 35.5. The summed E-state index contributed by atoms with van der Waals surface area (Å²) in [6.07, 6.45) is 1.07. The normalized spacial score (nSPS) is 13.2. The average molecular weight is 215 g/mol. The summed E-state index contributed by atoms with van der Waals surface area (Å²) >= 11 is 5.64. The van der Waals surface area contributed by atoms with E-state index in [1.165, 1.54) is 0 Å². The molecule has 0 saturated carbocycles. The van der Waals surface area contributed by atoms with Crippen LogP contribution >= 0.6 is 11.6 Å². The van der Waals surface area contributed by atoms with Gasteiger partial charge in [0.2, 0.25) is 0 Å². The molecule has 0 amide bonds. The van der Waals surface area contributed by atoms with Crippen LogP contribution in [-0.2, 0) is 0 Å². The van der Waals surface area contributed by atoms with Gasteiger partial charge in [-0.15, -0.1) is 0 Å². The lowest BCUT2D eigenvalue weighted by Gasteiger charge is -2.13. The second kappa shape index (κ2) is 5.29. The zero-order valence-electron chi connectivity index (χ0n) is 8.37. The first-order valence-electron chi connectivity index (χ1n) is 4.62. The molecule has 14 heavy (non-hydrogen) atoms. The van der Waals surface area contributed by atoms with E-state index in [0.29, 0.717) is 17.7 Å². The Hall–Kier alpha value is -0.640. The third-order valence-corrected chi connectivity index (χ3v) is 2.08. The monoisotopic (exact) mass is 214 g/mol. The Bertz CT molecular complexity index is 274. The molecule has 0 aliphatic rings. The van der Waals surface area contributed by atoms with E-state index < -0.39 is 6.10 Å². The third-order valence-electron chi connectivity index (χ3n) is 1.85. The Morgan fingerprint density at radius 2 is 2.21 bits per heavy atom. The highest BCUT2D eigenvalue weighted by Crippen LogP contribution is 2.12. The van der Waals surface area contributed by atoms with Crippen LogP contribution in [0, 0.1) is 0 Å². The summed E-state index contributed by atoms with van der Waals surface area (Å²) in [6, 6.07) is 3.82. The van der Waals surface area contributed by atoms with E-state index in [0.717, 1.165) is 5.56 Å². The van der Waals surface area contributed by atoms with E-state index in [4.69, 9.17) is 11.6 Å². The van der Waals surface area contributed by atoms with Gasteiger partial charge in [-0.25, -0.2) is 4.98 Å². The molecule has 0 bridgehead atoms. The minimum Gasteiger partial charge on any atom is -0.387 e. The highest BCUT2D eigenvalue weighted by Gasteiger charge is 2.07. The van der Waals surface area contributed by atoms with Crippen molar-refractivity contribution < 1.29 is 5.11 Å². The van der Waals surface area contributed by atoms with Crippen LogP contribution in [0.4, 0.5) is 0 Å². The minimum atomic E-state index is -0.526. The van der Waals surface area contributed by atoms with Gasteiger partial charge in [-0.1, -0.05) is 31.5 Å². The first kappa shape index (κ1) is 11.4. The Labute approximate surface area is 89.1 Å². The quantitative estimate of drug-likeness (QED) is 0.751. The number of nitrogens with zero attached hydrogens (tertiary/aromatic N) is 1. The Kier molecular flexibility index (Phi) is 4.32. The molecule has 0 radical (unpaired) electrons. The molecule has 1 aromatic rings. The molecule has 3 nitrogen and oxygen atoms in total. The molecule has 78 valence electrons. The second-order valence-corrected chi connectivity index (χ2v) is 3.88. The van der Waals surface area contributed by atoms with Crippen LogP contribution < -0.4 is 5.32 Å². The SMILES string of the molecule is CC(C)NCC(O)c1ccc(Cl)nc1. The molecule has 0 aromatic carbocycles. The van der Waals surface area contributed by atoms with Gasteiger partial charge in [0.25, 0.3) is 0 Å². The second-order valence-electron chi connectivity index (χ2n) is 3.49. The zero-order valence-corrected chi connectivity index (χ0v) is 9.12. The molecule has 4 heteroatoms. The molecule has 0 aliphatic heterocycles. The van der Waals surface area contributed by atoms with Crippen molar-refractivity contribution in [3.8, 4) is 0 Å². The van der Waals surface area contributed by atoms with Crippen LogP contribution in [0.1, 0.15) is 25.5 Å². The van der Waals surface area contributed by atoms with Gasteiger partial charge in [-0.3, -0.25) is 0 Å². The van der Waals surface area contributed by atoms with Crippen LogP contribution in [0.5, 0.6) is 0 Å². The van der Waals surface area contributed by atoms with Gasteiger partial charge in [0, 0.05) is 24.3 Å². The van der Waals surface area contributed by atoms with E-state index in [-0.39, 0.29) is 0 Å². The first-order chi connectivity index (χ1) is 6.59. The summed E-state index contributed by atoms with van der Waals surface area (Å²) in [5.41, 5.74) is 0.780. The van der Waals surface area contributed by atoms with Gasteiger partial charge < -0.3 is 10.4 Å². The van der Waals surface area contributed by atoms with Crippen LogP contribution in [-0.4, -0.2) is 22.7 Å². The molecule has 0 fully saturated rings. The Morgan fingerprint density at radius 3 is 2.71 bits per heavy atom. The van der Waals surface area contributed by atoms with Crippen LogP contribution in [0.3, 0.4) is 0 Å². The van der Waals surface area contributed by atoms with Gasteiger partial charge in [0.15, 0.2) is 0 Å². The van der Waals surface area contributed by atoms with E-state index >= 15 is 0 Å². The highest BCUT2D eigenvalue weighted by molar-refractivity contribution is 6.29. The van der Waals surface area contributed by atoms with E-state index in [9.17, 15) is 5.11 Å². The molecule has 1 heterocycles. The number of aliphatic hydroxyl groups is 1. The van der Waals surface area contributed by atoms with Crippen LogP contribution in [0.15, 0.2) is 18.3 Å². The van der Waals surface area contributed by atoms with Crippen molar-refractivity contribution in [2.45, 2.75) is 26.0 Å². The van der Waals surface area contributed by atoms with Crippen molar-refractivity contribution >= 4 is 11.6 Å². The van der Waals surface area contributed by atoms with E-state index in [2.05, 4.69) is 10.3 Å². The smallest absolute Gasteiger partial charge is 0.129 e. The standard InChI is InChI=1S/C10H15ClN2O/c1-7(2)12-6-9(14)8-3-4-10(11)13-5-8/h3-5,7,9,12,14H,6H2,1-2H3. The molecule has 1 unspecified atom stereocenters. The molecule has 1 aromatic heterocycles. The topological polar surface area (TPSA) is 45.1 Å². The van der Waals surface area contributed by atoms with Gasteiger partial charge in [-0.05, 0) is 6.07 Å². The molecular weight excluding hydrogens is 200 g/mol. The van der Waals surface area contributed by atoms with Crippen molar-refractivity contribution in [1.29, 1.82) is 0 Å². The van der Waals surface area contributed by atoms with Gasteiger partial charge >= 0.3 is 0 Å².